The average Bonchev–Trinajstić information content (AvgIpc) is 2.93. The molecule has 2 amide bonds. The van der Waals surface area contributed by atoms with Crippen molar-refractivity contribution in [3.05, 3.63) is 29.6 Å². The molecule has 1 aliphatic rings. The highest BCUT2D eigenvalue weighted by Gasteiger charge is 2.19. The molecule has 1 aliphatic heterocycles. The van der Waals surface area contributed by atoms with Gasteiger partial charge in [-0.05, 0) is 37.5 Å². The van der Waals surface area contributed by atoms with Crippen LogP contribution < -0.4 is 10.6 Å². The minimum Gasteiger partial charge on any atom is -0.376 e. The van der Waals surface area contributed by atoms with Gasteiger partial charge in [-0.1, -0.05) is 6.07 Å². The highest BCUT2D eigenvalue weighted by Crippen LogP contribution is 2.13. The smallest absolute Gasteiger partial charge is 0.313 e. The Kier molecular flexibility index (Phi) is 4.68. The second-order valence-electron chi connectivity index (χ2n) is 4.76. The molecule has 2 N–H and O–H groups in total. The number of nitrogens with one attached hydrogen (secondary N) is 2. The molecule has 0 aliphatic carbocycles. The van der Waals surface area contributed by atoms with Crippen LogP contribution in [0.4, 0.5) is 10.1 Å². The Hall–Kier alpha value is -1.95. The molecule has 0 bridgehead atoms. The molecule has 0 spiro atoms. The van der Waals surface area contributed by atoms with Crippen LogP contribution in [0.1, 0.15) is 18.4 Å². The molecule has 1 heterocycles. The normalized spacial score (nSPS) is 17.8. The third-order valence-corrected chi connectivity index (χ3v) is 3.15. The van der Waals surface area contributed by atoms with Crippen LogP contribution in [0, 0.1) is 12.7 Å². The molecule has 1 saturated heterocycles. The number of carbonyl (C=O) groups excluding carboxylic acids is 2. The van der Waals surface area contributed by atoms with Gasteiger partial charge in [-0.2, -0.15) is 0 Å². The molecule has 6 heteroatoms. The van der Waals surface area contributed by atoms with Crippen molar-refractivity contribution < 1.29 is 18.7 Å². The summed E-state index contributed by atoms with van der Waals surface area (Å²) in [5.74, 6) is -1.99. The minimum atomic E-state index is -0.814. The SMILES string of the molecule is Cc1ccc(NC(=O)C(=O)NC[C@@H]2CCCO2)cc1F. The summed E-state index contributed by atoms with van der Waals surface area (Å²) in [6.07, 6.45) is 1.82. The number of benzene rings is 1. The second-order valence-corrected chi connectivity index (χ2v) is 4.76. The number of rotatable bonds is 3. The van der Waals surface area contributed by atoms with Crippen molar-refractivity contribution in [2.24, 2.45) is 0 Å². The predicted molar refractivity (Wildman–Crippen MR) is 71.8 cm³/mol. The quantitative estimate of drug-likeness (QED) is 0.822. The fraction of sp³-hybridized carbons (Fsp3) is 0.429. The van der Waals surface area contributed by atoms with E-state index >= 15 is 0 Å². The van der Waals surface area contributed by atoms with Crippen molar-refractivity contribution >= 4 is 17.5 Å². The van der Waals surface area contributed by atoms with E-state index in [4.69, 9.17) is 4.74 Å². The molecule has 108 valence electrons. The maximum Gasteiger partial charge on any atom is 0.313 e. The summed E-state index contributed by atoms with van der Waals surface area (Å²) >= 11 is 0. The highest BCUT2D eigenvalue weighted by molar-refractivity contribution is 6.39. The van der Waals surface area contributed by atoms with Crippen LogP contribution in [0.25, 0.3) is 0 Å². The van der Waals surface area contributed by atoms with Crippen LogP contribution in [-0.2, 0) is 14.3 Å². The number of halogens is 1. The van der Waals surface area contributed by atoms with E-state index in [0.29, 0.717) is 18.7 Å². The maximum atomic E-state index is 13.3. The summed E-state index contributed by atoms with van der Waals surface area (Å²) in [4.78, 5) is 23.2. The summed E-state index contributed by atoms with van der Waals surface area (Å²) in [6, 6.07) is 4.26. The zero-order valence-corrected chi connectivity index (χ0v) is 11.2. The van der Waals surface area contributed by atoms with Gasteiger partial charge in [0.2, 0.25) is 0 Å². The van der Waals surface area contributed by atoms with E-state index in [2.05, 4.69) is 10.6 Å². The van der Waals surface area contributed by atoms with Crippen LogP contribution in [0.15, 0.2) is 18.2 Å². The molecule has 1 atom stereocenters. The zero-order valence-electron chi connectivity index (χ0n) is 11.2. The monoisotopic (exact) mass is 280 g/mol. The summed E-state index contributed by atoms with van der Waals surface area (Å²) in [7, 11) is 0. The van der Waals surface area contributed by atoms with E-state index < -0.39 is 17.6 Å². The molecular formula is C14H17FN2O3. The fourth-order valence-corrected chi connectivity index (χ4v) is 1.95. The number of ether oxygens (including phenoxy) is 1. The minimum absolute atomic E-state index is 0.0245. The number of anilines is 1. The molecule has 0 radical (unpaired) electrons. The van der Waals surface area contributed by atoms with Gasteiger partial charge in [-0.15, -0.1) is 0 Å². The van der Waals surface area contributed by atoms with Crippen LogP contribution in [0.5, 0.6) is 0 Å². The first kappa shape index (κ1) is 14.5. The molecule has 0 aromatic heterocycles. The van der Waals surface area contributed by atoms with Gasteiger partial charge >= 0.3 is 11.8 Å². The topological polar surface area (TPSA) is 67.4 Å². The Morgan fingerprint density at radius 2 is 2.20 bits per heavy atom. The summed E-state index contributed by atoms with van der Waals surface area (Å²) < 4.78 is 18.6. The van der Waals surface area contributed by atoms with Gasteiger partial charge in [0.05, 0.1) is 6.10 Å². The van der Waals surface area contributed by atoms with Gasteiger partial charge in [0.15, 0.2) is 0 Å². The summed E-state index contributed by atoms with van der Waals surface area (Å²) in [5, 5.41) is 4.85. The Bertz CT molecular complexity index is 513. The average molecular weight is 280 g/mol. The fourth-order valence-electron chi connectivity index (χ4n) is 1.95. The number of amides is 2. The van der Waals surface area contributed by atoms with Crippen molar-refractivity contribution in [2.75, 3.05) is 18.5 Å². The zero-order chi connectivity index (χ0) is 14.5. The lowest BCUT2D eigenvalue weighted by Gasteiger charge is -2.11. The number of aryl methyl sites for hydroxylation is 1. The van der Waals surface area contributed by atoms with Crippen LogP contribution in [0.3, 0.4) is 0 Å². The third-order valence-electron chi connectivity index (χ3n) is 3.15. The van der Waals surface area contributed by atoms with Gasteiger partial charge in [-0.25, -0.2) is 4.39 Å². The lowest BCUT2D eigenvalue weighted by Crippen LogP contribution is -2.39. The standard InChI is InChI=1S/C14H17FN2O3/c1-9-4-5-10(7-12(9)15)17-14(19)13(18)16-8-11-3-2-6-20-11/h4-5,7,11H,2-3,6,8H2,1H3,(H,16,18)(H,17,19)/t11-/m0/s1. The molecule has 5 nitrogen and oxygen atoms in total. The molecular weight excluding hydrogens is 263 g/mol. The Morgan fingerprint density at radius 3 is 2.85 bits per heavy atom. The van der Waals surface area contributed by atoms with Crippen LogP contribution >= 0.6 is 0 Å². The summed E-state index contributed by atoms with van der Waals surface area (Å²) in [5.41, 5.74) is 0.733. The Morgan fingerprint density at radius 1 is 1.40 bits per heavy atom. The van der Waals surface area contributed by atoms with Crippen molar-refractivity contribution in [2.45, 2.75) is 25.9 Å². The lowest BCUT2D eigenvalue weighted by molar-refractivity contribution is -0.136. The van der Waals surface area contributed by atoms with Crippen molar-refractivity contribution in [3.63, 3.8) is 0 Å². The number of hydrogen-bond donors (Lipinski definition) is 2. The molecule has 1 aromatic carbocycles. The predicted octanol–water partition coefficient (Wildman–Crippen LogP) is 1.37. The van der Waals surface area contributed by atoms with Crippen molar-refractivity contribution in [1.82, 2.24) is 5.32 Å². The molecule has 0 saturated carbocycles. The van der Waals surface area contributed by atoms with Gasteiger partial charge < -0.3 is 15.4 Å². The third kappa shape index (κ3) is 3.77. The van der Waals surface area contributed by atoms with Crippen LogP contribution in [-0.4, -0.2) is 31.1 Å². The van der Waals surface area contributed by atoms with Gasteiger partial charge in [0, 0.05) is 18.8 Å². The lowest BCUT2D eigenvalue weighted by atomic mass is 10.2. The largest absolute Gasteiger partial charge is 0.376 e. The van der Waals surface area contributed by atoms with E-state index in [1.54, 1.807) is 13.0 Å². The molecule has 0 unspecified atom stereocenters. The van der Waals surface area contributed by atoms with E-state index in [-0.39, 0.29) is 11.8 Å². The van der Waals surface area contributed by atoms with E-state index in [0.717, 1.165) is 12.8 Å². The first-order valence-corrected chi connectivity index (χ1v) is 6.53. The van der Waals surface area contributed by atoms with E-state index in [1.165, 1.54) is 12.1 Å². The number of hydrogen-bond acceptors (Lipinski definition) is 3. The van der Waals surface area contributed by atoms with Crippen molar-refractivity contribution in [3.8, 4) is 0 Å². The van der Waals surface area contributed by atoms with Crippen molar-refractivity contribution in [1.29, 1.82) is 0 Å². The Labute approximate surface area is 116 Å². The van der Waals surface area contributed by atoms with Gasteiger partial charge in [-0.3, -0.25) is 9.59 Å². The first-order chi connectivity index (χ1) is 9.56. The van der Waals surface area contributed by atoms with Gasteiger partial charge in [0.25, 0.3) is 0 Å². The van der Waals surface area contributed by atoms with Gasteiger partial charge in [0.1, 0.15) is 5.82 Å². The maximum absolute atomic E-state index is 13.3. The van der Waals surface area contributed by atoms with E-state index in [1.807, 2.05) is 0 Å². The molecule has 1 aromatic rings. The molecule has 1 fully saturated rings. The summed E-state index contributed by atoms with van der Waals surface area (Å²) in [6.45, 7) is 2.62. The number of carbonyl (C=O) groups is 2. The second kappa shape index (κ2) is 6.47. The first-order valence-electron chi connectivity index (χ1n) is 6.53. The Balaban J connectivity index is 1.83. The molecule has 20 heavy (non-hydrogen) atoms. The highest BCUT2D eigenvalue weighted by atomic mass is 19.1. The van der Waals surface area contributed by atoms with E-state index in [9.17, 15) is 14.0 Å². The van der Waals surface area contributed by atoms with Crippen LogP contribution in [0.2, 0.25) is 0 Å². The molecule has 2 rings (SSSR count).